The molecule has 1 aromatic rings. The van der Waals surface area contributed by atoms with E-state index in [1.165, 1.54) is 36.9 Å². The van der Waals surface area contributed by atoms with Gasteiger partial charge in [0.05, 0.1) is 5.84 Å². The molecule has 1 aromatic heterocycles. The lowest BCUT2D eigenvalue weighted by Crippen LogP contribution is -2.30. The average Bonchev–Trinajstić information content (AvgIpc) is 3.07. The van der Waals surface area contributed by atoms with Gasteiger partial charge in [-0.1, -0.05) is 6.07 Å². The summed E-state index contributed by atoms with van der Waals surface area (Å²) in [6, 6.07) is 4.99. The maximum Gasteiger partial charge on any atom is 0.129 e. The van der Waals surface area contributed by atoms with Crippen molar-refractivity contribution in [3.8, 4) is 0 Å². The van der Waals surface area contributed by atoms with Gasteiger partial charge in [0, 0.05) is 24.7 Å². The summed E-state index contributed by atoms with van der Waals surface area (Å²) in [6.45, 7) is 0.825. The van der Waals surface area contributed by atoms with Gasteiger partial charge in [-0.3, -0.25) is 5.41 Å². The Labute approximate surface area is 108 Å². The van der Waals surface area contributed by atoms with Crippen molar-refractivity contribution in [2.75, 3.05) is 11.4 Å². The second kappa shape index (κ2) is 4.59. The first-order valence-corrected chi connectivity index (χ1v) is 6.82. The van der Waals surface area contributed by atoms with Crippen LogP contribution in [0.5, 0.6) is 0 Å². The van der Waals surface area contributed by atoms with Gasteiger partial charge in [-0.2, -0.15) is 0 Å². The van der Waals surface area contributed by atoms with Crippen LogP contribution in [0.1, 0.15) is 36.9 Å². The maximum absolute atomic E-state index is 7.36. The van der Waals surface area contributed by atoms with Crippen LogP contribution >= 0.6 is 0 Å². The van der Waals surface area contributed by atoms with Gasteiger partial charge in [-0.25, -0.2) is 4.98 Å². The molecule has 4 nitrogen and oxygen atoms in total. The minimum absolute atomic E-state index is 0.266. The molecular formula is C14H20N4. The molecule has 1 heterocycles. The third-order valence-electron chi connectivity index (χ3n) is 3.82. The Hall–Kier alpha value is -1.58. The molecule has 18 heavy (non-hydrogen) atoms. The van der Waals surface area contributed by atoms with E-state index in [1.807, 2.05) is 0 Å². The topological polar surface area (TPSA) is 66.0 Å². The summed E-state index contributed by atoms with van der Waals surface area (Å²) in [6.07, 6.45) is 6.67. The minimum atomic E-state index is 0.266. The van der Waals surface area contributed by atoms with Gasteiger partial charge in [-0.05, 0) is 43.7 Å². The Morgan fingerprint density at radius 1 is 1.39 bits per heavy atom. The fraction of sp³-hybridized carbons (Fsp3) is 0.571. The normalized spacial score (nSPS) is 17.6. The second-order valence-electron chi connectivity index (χ2n) is 5.33. The minimum Gasteiger partial charge on any atom is -0.388 e. The molecule has 0 bridgehead atoms. The number of anilines is 1. The zero-order valence-corrected chi connectivity index (χ0v) is 10.7. The van der Waals surface area contributed by atoms with Crippen molar-refractivity contribution < 1.29 is 0 Å². The quantitative estimate of drug-likeness (QED) is 0.614. The first kappa shape index (κ1) is 11.5. The molecular weight excluding hydrogens is 224 g/mol. The Balaban J connectivity index is 1.79. The van der Waals surface area contributed by atoms with Crippen molar-refractivity contribution in [1.82, 2.24) is 4.98 Å². The molecule has 0 radical (unpaired) electrons. The standard InChI is InChI=1S/C14H20N4/c15-13(16)8-9-18(11-5-6-11)14-7-4-10-2-1-3-12(10)17-14/h4,7,11H,1-3,5-6,8-9H2,(H3,15,16). The summed E-state index contributed by atoms with van der Waals surface area (Å²) < 4.78 is 0. The number of pyridine rings is 1. The van der Waals surface area contributed by atoms with Crippen molar-refractivity contribution in [2.45, 2.75) is 44.6 Å². The fourth-order valence-corrected chi connectivity index (χ4v) is 2.68. The van der Waals surface area contributed by atoms with Gasteiger partial charge in [0.25, 0.3) is 0 Å². The van der Waals surface area contributed by atoms with Crippen molar-refractivity contribution in [1.29, 1.82) is 5.41 Å². The van der Waals surface area contributed by atoms with E-state index in [0.29, 0.717) is 12.5 Å². The van der Waals surface area contributed by atoms with E-state index in [9.17, 15) is 0 Å². The highest BCUT2D eigenvalue weighted by Crippen LogP contribution is 2.32. The lowest BCUT2D eigenvalue weighted by atomic mass is 10.2. The summed E-state index contributed by atoms with van der Waals surface area (Å²) in [5.41, 5.74) is 8.16. The van der Waals surface area contributed by atoms with Crippen LogP contribution in [0.3, 0.4) is 0 Å². The van der Waals surface area contributed by atoms with Crippen LogP contribution in [0.15, 0.2) is 12.1 Å². The summed E-state index contributed by atoms with van der Waals surface area (Å²) in [7, 11) is 0. The van der Waals surface area contributed by atoms with E-state index in [2.05, 4.69) is 17.0 Å². The highest BCUT2D eigenvalue weighted by Gasteiger charge is 2.30. The molecule has 3 rings (SSSR count). The lowest BCUT2D eigenvalue weighted by Gasteiger charge is -2.23. The first-order chi connectivity index (χ1) is 8.74. The molecule has 0 atom stereocenters. The smallest absolute Gasteiger partial charge is 0.129 e. The van der Waals surface area contributed by atoms with E-state index in [0.717, 1.165) is 18.8 Å². The number of aryl methyl sites for hydroxylation is 2. The fourth-order valence-electron chi connectivity index (χ4n) is 2.68. The Morgan fingerprint density at radius 3 is 2.94 bits per heavy atom. The van der Waals surface area contributed by atoms with Crippen LogP contribution in [0.4, 0.5) is 5.82 Å². The van der Waals surface area contributed by atoms with E-state index < -0.39 is 0 Å². The van der Waals surface area contributed by atoms with Crippen molar-refractivity contribution in [3.05, 3.63) is 23.4 Å². The average molecular weight is 244 g/mol. The second-order valence-corrected chi connectivity index (χ2v) is 5.33. The summed E-state index contributed by atoms with van der Waals surface area (Å²) in [5.74, 6) is 1.35. The molecule has 4 heteroatoms. The Morgan fingerprint density at radius 2 is 2.22 bits per heavy atom. The summed E-state index contributed by atoms with van der Waals surface area (Å²) >= 11 is 0. The number of nitrogens with one attached hydrogen (secondary N) is 1. The number of aromatic nitrogens is 1. The molecule has 96 valence electrons. The molecule has 0 aromatic carbocycles. The van der Waals surface area contributed by atoms with Crippen LogP contribution in [0, 0.1) is 5.41 Å². The van der Waals surface area contributed by atoms with Crippen LogP contribution < -0.4 is 10.6 Å². The molecule has 0 unspecified atom stereocenters. The number of nitrogens with two attached hydrogens (primary N) is 1. The van der Waals surface area contributed by atoms with Crippen molar-refractivity contribution >= 4 is 11.7 Å². The molecule has 3 N–H and O–H groups in total. The van der Waals surface area contributed by atoms with Gasteiger partial charge < -0.3 is 10.6 Å². The number of nitrogens with zero attached hydrogens (tertiary/aromatic N) is 2. The Bertz CT molecular complexity index is 465. The van der Waals surface area contributed by atoms with Crippen molar-refractivity contribution in [3.63, 3.8) is 0 Å². The molecule has 1 saturated carbocycles. The number of fused-ring (bicyclic) bond motifs is 1. The number of hydrogen-bond acceptors (Lipinski definition) is 3. The van der Waals surface area contributed by atoms with Gasteiger partial charge in [0.15, 0.2) is 0 Å². The van der Waals surface area contributed by atoms with E-state index in [-0.39, 0.29) is 5.84 Å². The maximum atomic E-state index is 7.36. The predicted molar refractivity (Wildman–Crippen MR) is 73.2 cm³/mol. The third kappa shape index (κ3) is 2.33. The summed E-state index contributed by atoms with van der Waals surface area (Å²) in [4.78, 5) is 7.14. The zero-order chi connectivity index (χ0) is 12.5. The largest absolute Gasteiger partial charge is 0.388 e. The molecule has 1 fully saturated rings. The van der Waals surface area contributed by atoms with Gasteiger partial charge in [0.1, 0.15) is 5.82 Å². The third-order valence-corrected chi connectivity index (χ3v) is 3.82. The Kier molecular flexibility index (Phi) is 2.94. The number of hydrogen-bond donors (Lipinski definition) is 2. The van der Waals surface area contributed by atoms with Crippen LogP contribution in [-0.4, -0.2) is 23.4 Å². The molecule has 0 saturated heterocycles. The molecule has 0 aliphatic heterocycles. The highest BCUT2D eigenvalue weighted by molar-refractivity contribution is 5.77. The number of rotatable bonds is 5. The lowest BCUT2D eigenvalue weighted by molar-refractivity contribution is 0.777. The highest BCUT2D eigenvalue weighted by atomic mass is 15.2. The van der Waals surface area contributed by atoms with E-state index in [1.54, 1.807) is 0 Å². The van der Waals surface area contributed by atoms with E-state index >= 15 is 0 Å². The van der Waals surface area contributed by atoms with Gasteiger partial charge in [-0.15, -0.1) is 0 Å². The molecule has 2 aliphatic rings. The SMILES string of the molecule is N=C(N)CCN(c1ccc2c(n1)CCC2)C1CC1. The van der Waals surface area contributed by atoms with Crippen molar-refractivity contribution in [2.24, 2.45) is 5.73 Å². The van der Waals surface area contributed by atoms with Crippen LogP contribution in [0.2, 0.25) is 0 Å². The van der Waals surface area contributed by atoms with Gasteiger partial charge in [0.2, 0.25) is 0 Å². The predicted octanol–water partition coefficient (Wildman–Crippen LogP) is 1.87. The first-order valence-electron chi connectivity index (χ1n) is 6.82. The number of amidine groups is 1. The molecule has 0 spiro atoms. The zero-order valence-electron chi connectivity index (χ0n) is 10.7. The van der Waals surface area contributed by atoms with Gasteiger partial charge >= 0.3 is 0 Å². The molecule has 2 aliphatic carbocycles. The van der Waals surface area contributed by atoms with Crippen LogP contribution in [0.25, 0.3) is 0 Å². The monoisotopic (exact) mass is 244 g/mol. The van der Waals surface area contributed by atoms with E-state index in [4.69, 9.17) is 16.1 Å². The van der Waals surface area contributed by atoms with Crippen LogP contribution in [-0.2, 0) is 12.8 Å². The summed E-state index contributed by atoms with van der Waals surface area (Å²) in [5, 5.41) is 7.36. The molecule has 0 amide bonds.